The van der Waals surface area contributed by atoms with Crippen LogP contribution in [0.5, 0.6) is 5.75 Å². The highest BCUT2D eigenvalue weighted by Gasteiger charge is 2.15. The minimum Gasteiger partial charge on any atom is -0.483 e. The SMILES string of the molecule is CCC(Oc1ccc(C)c(C)c1)c1nc(CCl)cs1. The van der Waals surface area contributed by atoms with Crippen LogP contribution in [-0.2, 0) is 5.88 Å². The molecule has 0 bridgehead atoms. The van der Waals surface area contributed by atoms with E-state index in [1.165, 1.54) is 11.1 Å². The van der Waals surface area contributed by atoms with Crippen molar-refractivity contribution in [3.8, 4) is 5.75 Å². The molecule has 2 nitrogen and oxygen atoms in total. The summed E-state index contributed by atoms with van der Waals surface area (Å²) in [5.74, 6) is 1.36. The van der Waals surface area contributed by atoms with Gasteiger partial charge < -0.3 is 4.74 Å². The largest absolute Gasteiger partial charge is 0.483 e. The second-order valence-electron chi connectivity index (χ2n) is 4.57. The maximum absolute atomic E-state index is 6.05. The lowest BCUT2D eigenvalue weighted by molar-refractivity contribution is 0.200. The van der Waals surface area contributed by atoms with Crippen LogP contribution in [-0.4, -0.2) is 4.98 Å². The van der Waals surface area contributed by atoms with E-state index >= 15 is 0 Å². The molecule has 102 valence electrons. The van der Waals surface area contributed by atoms with Crippen molar-refractivity contribution >= 4 is 22.9 Å². The zero-order chi connectivity index (χ0) is 13.8. The topological polar surface area (TPSA) is 22.1 Å². The van der Waals surface area contributed by atoms with E-state index in [0.29, 0.717) is 5.88 Å². The Hall–Kier alpha value is -1.06. The van der Waals surface area contributed by atoms with Gasteiger partial charge in [0, 0.05) is 5.38 Å². The standard InChI is InChI=1S/C15H18ClNOS/c1-4-14(15-17-12(8-16)9-19-15)18-13-6-5-10(2)11(3)7-13/h5-7,9,14H,4,8H2,1-3H3. The second-order valence-corrected chi connectivity index (χ2v) is 5.73. The minimum absolute atomic E-state index is 0.00377. The van der Waals surface area contributed by atoms with Crippen molar-refractivity contribution in [1.82, 2.24) is 4.98 Å². The molecule has 19 heavy (non-hydrogen) atoms. The van der Waals surface area contributed by atoms with E-state index in [4.69, 9.17) is 16.3 Å². The second kappa shape index (κ2) is 6.40. The maximum Gasteiger partial charge on any atom is 0.150 e. The summed E-state index contributed by atoms with van der Waals surface area (Å²) in [6.45, 7) is 6.30. The molecule has 1 aromatic carbocycles. The summed E-state index contributed by atoms with van der Waals surface area (Å²) in [7, 11) is 0. The van der Waals surface area contributed by atoms with Crippen molar-refractivity contribution < 1.29 is 4.74 Å². The van der Waals surface area contributed by atoms with E-state index in [1.807, 2.05) is 11.4 Å². The Labute approximate surface area is 123 Å². The van der Waals surface area contributed by atoms with Gasteiger partial charge in [-0.2, -0.15) is 0 Å². The fourth-order valence-electron chi connectivity index (χ4n) is 1.79. The summed E-state index contributed by atoms with van der Waals surface area (Å²) in [4.78, 5) is 4.50. The monoisotopic (exact) mass is 295 g/mol. The molecule has 0 spiro atoms. The third kappa shape index (κ3) is 3.48. The summed E-state index contributed by atoms with van der Waals surface area (Å²) in [6, 6.07) is 6.18. The number of halogens is 1. The summed E-state index contributed by atoms with van der Waals surface area (Å²) in [6.07, 6.45) is 0.895. The Balaban J connectivity index is 2.16. The van der Waals surface area contributed by atoms with Crippen molar-refractivity contribution in [2.45, 2.75) is 39.2 Å². The Morgan fingerprint density at radius 2 is 2.11 bits per heavy atom. The molecule has 0 fully saturated rings. The normalized spacial score (nSPS) is 12.4. The molecule has 4 heteroatoms. The van der Waals surface area contributed by atoms with Crippen LogP contribution in [0.2, 0.25) is 0 Å². The van der Waals surface area contributed by atoms with Crippen molar-refractivity contribution in [1.29, 1.82) is 0 Å². The van der Waals surface area contributed by atoms with Crippen LogP contribution in [0.1, 0.15) is 41.3 Å². The molecule has 0 aliphatic heterocycles. The molecule has 0 amide bonds. The Bertz CT molecular complexity index is 553. The van der Waals surface area contributed by atoms with Gasteiger partial charge in [0.2, 0.25) is 0 Å². The molecule has 2 aromatic rings. The van der Waals surface area contributed by atoms with E-state index < -0.39 is 0 Å². The third-order valence-corrected chi connectivity index (χ3v) is 4.37. The van der Waals surface area contributed by atoms with Crippen molar-refractivity contribution in [2.24, 2.45) is 0 Å². The number of rotatable bonds is 5. The van der Waals surface area contributed by atoms with Gasteiger partial charge in [-0.15, -0.1) is 22.9 Å². The molecule has 0 N–H and O–H groups in total. The first-order chi connectivity index (χ1) is 9.13. The summed E-state index contributed by atoms with van der Waals surface area (Å²) in [5, 5.41) is 2.99. The highest BCUT2D eigenvalue weighted by molar-refractivity contribution is 7.09. The number of ether oxygens (including phenoxy) is 1. The first-order valence-corrected chi connectivity index (χ1v) is 7.79. The van der Waals surface area contributed by atoms with Crippen LogP contribution in [0, 0.1) is 13.8 Å². The Kier molecular flexibility index (Phi) is 4.83. The average molecular weight is 296 g/mol. The number of aryl methyl sites for hydroxylation is 2. The molecule has 0 aliphatic rings. The first kappa shape index (κ1) is 14.4. The summed E-state index contributed by atoms with van der Waals surface area (Å²) in [5.41, 5.74) is 3.44. The van der Waals surface area contributed by atoms with Crippen molar-refractivity contribution in [3.63, 3.8) is 0 Å². The molecule has 1 heterocycles. The van der Waals surface area contributed by atoms with E-state index in [1.54, 1.807) is 11.3 Å². The highest BCUT2D eigenvalue weighted by Crippen LogP contribution is 2.28. The molecular weight excluding hydrogens is 278 g/mol. The van der Waals surface area contributed by atoms with Crippen LogP contribution < -0.4 is 4.74 Å². The smallest absolute Gasteiger partial charge is 0.150 e. The zero-order valence-electron chi connectivity index (χ0n) is 11.4. The van der Waals surface area contributed by atoms with Gasteiger partial charge in [-0.1, -0.05) is 13.0 Å². The van der Waals surface area contributed by atoms with Gasteiger partial charge in [0.05, 0.1) is 11.6 Å². The number of thiazole rings is 1. The van der Waals surface area contributed by atoms with Crippen LogP contribution in [0.15, 0.2) is 23.6 Å². The molecule has 1 unspecified atom stereocenters. The number of hydrogen-bond donors (Lipinski definition) is 0. The summed E-state index contributed by atoms with van der Waals surface area (Å²) < 4.78 is 6.05. The fraction of sp³-hybridized carbons (Fsp3) is 0.400. The molecule has 2 rings (SSSR count). The quantitative estimate of drug-likeness (QED) is 0.722. The van der Waals surface area contributed by atoms with Gasteiger partial charge in [0.15, 0.2) is 0 Å². The van der Waals surface area contributed by atoms with Gasteiger partial charge >= 0.3 is 0 Å². The van der Waals surface area contributed by atoms with Crippen molar-refractivity contribution in [3.05, 3.63) is 45.4 Å². The van der Waals surface area contributed by atoms with Crippen molar-refractivity contribution in [2.75, 3.05) is 0 Å². The van der Waals surface area contributed by atoms with E-state index in [9.17, 15) is 0 Å². The predicted octanol–water partition coefficient (Wildman–Crippen LogP) is 5.03. The predicted molar refractivity (Wildman–Crippen MR) is 81.2 cm³/mol. The molecule has 1 aromatic heterocycles. The third-order valence-electron chi connectivity index (χ3n) is 3.11. The number of alkyl halides is 1. The lowest BCUT2D eigenvalue weighted by Crippen LogP contribution is -2.06. The molecule has 0 saturated heterocycles. The lowest BCUT2D eigenvalue weighted by atomic mass is 10.1. The van der Waals surface area contributed by atoms with Gasteiger partial charge in [0.25, 0.3) is 0 Å². The van der Waals surface area contributed by atoms with Gasteiger partial charge in [-0.05, 0) is 43.5 Å². The number of hydrogen-bond acceptors (Lipinski definition) is 3. The van der Waals surface area contributed by atoms with E-state index in [0.717, 1.165) is 22.9 Å². The van der Waals surface area contributed by atoms with Crippen LogP contribution in [0.4, 0.5) is 0 Å². The average Bonchev–Trinajstić information content (AvgIpc) is 2.88. The van der Waals surface area contributed by atoms with E-state index in [2.05, 4.69) is 37.9 Å². The molecule has 0 radical (unpaired) electrons. The van der Waals surface area contributed by atoms with E-state index in [-0.39, 0.29) is 6.10 Å². The maximum atomic E-state index is 6.05. The zero-order valence-corrected chi connectivity index (χ0v) is 13.0. The van der Waals surface area contributed by atoms with Gasteiger partial charge in [-0.3, -0.25) is 0 Å². The highest BCUT2D eigenvalue weighted by atomic mass is 35.5. The molecule has 0 aliphatic carbocycles. The van der Waals surface area contributed by atoms with Crippen LogP contribution >= 0.6 is 22.9 Å². The van der Waals surface area contributed by atoms with Gasteiger partial charge in [-0.25, -0.2) is 4.98 Å². The lowest BCUT2D eigenvalue weighted by Gasteiger charge is -2.16. The fourth-order valence-corrected chi connectivity index (χ4v) is 2.95. The minimum atomic E-state index is 0.00377. The Morgan fingerprint density at radius 1 is 1.32 bits per heavy atom. The number of nitrogens with zero attached hydrogens (tertiary/aromatic N) is 1. The van der Waals surface area contributed by atoms with Crippen LogP contribution in [0.25, 0.3) is 0 Å². The van der Waals surface area contributed by atoms with Gasteiger partial charge in [0.1, 0.15) is 16.9 Å². The molecule has 1 atom stereocenters. The first-order valence-electron chi connectivity index (χ1n) is 6.38. The molecule has 0 saturated carbocycles. The number of benzene rings is 1. The Morgan fingerprint density at radius 3 is 2.68 bits per heavy atom. The number of aromatic nitrogens is 1. The molecular formula is C15H18ClNOS. The summed E-state index contributed by atoms with van der Waals surface area (Å²) >= 11 is 7.40. The van der Waals surface area contributed by atoms with Crippen LogP contribution in [0.3, 0.4) is 0 Å².